The Morgan fingerprint density at radius 2 is 1.49 bits per heavy atom. The largest absolute Gasteiger partial charge is 0.416 e. The zero-order valence-corrected chi connectivity index (χ0v) is 18.2. The summed E-state index contributed by atoms with van der Waals surface area (Å²) in [5, 5.41) is 0.0500. The van der Waals surface area contributed by atoms with Crippen LogP contribution in [0.5, 0.6) is 0 Å². The SMILES string of the molecule is CC1c2c(ccc3[nH]c(=O)cc(Cl)c23)N(CC(F)(F)F)C1c1cc(C(F)(F)F)cc(C(F)(F)F)c1. The van der Waals surface area contributed by atoms with Crippen LogP contribution < -0.4 is 10.5 Å². The molecule has 1 N–H and O–H groups in total. The van der Waals surface area contributed by atoms with Gasteiger partial charge in [0.2, 0.25) is 5.56 Å². The third kappa shape index (κ3) is 4.67. The van der Waals surface area contributed by atoms with Crippen molar-refractivity contribution < 1.29 is 39.5 Å². The lowest BCUT2D eigenvalue weighted by Gasteiger charge is -2.31. The third-order valence-electron chi connectivity index (χ3n) is 5.85. The molecule has 0 amide bonds. The molecule has 2 atom stereocenters. The highest BCUT2D eigenvalue weighted by atomic mass is 35.5. The molecule has 1 aromatic heterocycles. The van der Waals surface area contributed by atoms with Gasteiger partial charge in [-0.3, -0.25) is 4.79 Å². The van der Waals surface area contributed by atoms with Crippen molar-refractivity contribution in [1.29, 1.82) is 0 Å². The molecule has 4 rings (SSSR count). The number of rotatable bonds is 2. The van der Waals surface area contributed by atoms with Gasteiger partial charge in [0.1, 0.15) is 6.54 Å². The fourth-order valence-electron chi connectivity index (χ4n) is 4.61. The van der Waals surface area contributed by atoms with Gasteiger partial charge in [-0.1, -0.05) is 18.5 Å². The van der Waals surface area contributed by atoms with Crippen LogP contribution in [0, 0.1) is 0 Å². The molecule has 0 spiro atoms. The molecule has 13 heteroatoms. The topological polar surface area (TPSA) is 36.1 Å². The van der Waals surface area contributed by atoms with Gasteiger partial charge in [-0.2, -0.15) is 39.5 Å². The first kappa shape index (κ1) is 25.2. The molecule has 0 saturated heterocycles. The zero-order valence-electron chi connectivity index (χ0n) is 17.5. The molecule has 3 nitrogen and oxygen atoms in total. The average molecular weight is 529 g/mol. The quantitative estimate of drug-likeness (QED) is 0.351. The molecule has 0 radical (unpaired) electrons. The van der Waals surface area contributed by atoms with E-state index in [1.807, 2.05) is 0 Å². The predicted molar refractivity (Wildman–Crippen MR) is 111 cm³/mol. The van der Waals surface area contributed by atoms with Crippen molar-refractivity contribution in [3.63, 3.8) is 0 Å². The number of hydrogen-bond donors (Lipinski definition) is 1. The summed E-state index contributed by atoms with van der Waals surface area (Å²) in [5.74, 6) is -1.02. The minimum Gasteiger partial charge on any atom is -0.355 e. The van der Waals surface area contributed by atoms with E-state index < -0.39 is 59.3 Å². The minimum atomic E-state index is -5.17. The lowest BCUT2D eigenvalue weighted by Crippen LogP contribution is -2.36. The normalized spacial score (nSPS) is 18.9. The molecule has 1 aliphatic rings. The summed E-state index contributed by atoms with van der Waals surface area (Å²) in [6, 6.07) is 2.74. The Morgan fingerprint density at radius 1 is 0.914 bits per heavy atom. The molecule has 2 heterocycles. The smallest absolute Gasteiger partial charge is 0.355 e. The maximum absolute atomic E-state index is 13.5. The Hall–Kier alpha value is -2.89. The average Bonchev–Trinajstić information content (AvgIpc) is 2.96. The van der Waals surface area contributed by atoms with Crippen LogP contribution in [0.3, 0.4) is 0 Å². The van der Waals surface area contributed by atoms with Crippen LogP contribution in [0.1, 0.15) is 41.1 Å². The van der Waals surface area contributed by atoms with Crippen molar-refractivity contribution in [2.75, 3.05) is 11.4 Å². The van der Waals surface area contributed by atoms with E-state index in [4.69, 9.17) is 11.6 Å². The second-order valence-corrected chi connectivity index (χ2v) is 8.63. The Balaban J connectivity index is 2.01. The summed E-state index contributed by atoms with van der Waals surface area (Å²) in [5.41, 5.74) is -4.18. The predicted octanol–water partition coefficient (Wildman–Crippen LogP) is 7.45. The summed E-state index contributed by atoms with van der Waals surface area (Å²) in [7, 11) is 0. The molecule has 2 aromatic carbocycles. The first-order chi connectivity index (χ1) is 16.0. The number of alkyl halides is 9. The zero-order chi connectivity index (χ0) is 26.1. The number of aromatic amines is 1. The highest BCUT2D eigenvalue weighted by Crippen LogP contribution is 2.53. The fourth-order valence-corrected chi connectivity index (χ4v) is 4.91. The number of H-pyrrole nitrogens is 1. The summed E-state index contributed by atoms with van der Waals surface area (Å²) >= 11 is 6.20. The summed E-state index contributed by atoms with van der Waals surface area (Å²) in [6.45, 7) is -0.257. The van der Waals surface area contributed by atoms with Crippen molar-refractivity contribution in [3.8, 4) is 0 Å². The Labute approximate surface area is 196 Å². The van der Waals surface area contributed by atoms with Gasteiger partial charge in [0.25, 0.3) is 0 Å². The standard InChI is InChI=1S/C22H14ClF9N2O/c1-9-17-15(3-2-14-18(17)13(23)7-16(35)33-14)34(8-20(24,25)26)19(9)10-4-11(21(27,28)29)6-12(5-10)22(30,31)32/h2-7,9,19H,8H2,1H3,(H,33,35). The summed E-state index contributed by atoms with van der Waals surface area (Å²) < 4.78 is 121. The van der Waals surface area contributed by atoms with Gasteiger partial charge in [-0.15, -0.1) is 0 Å². The van der Waals surface area contributed by atoms with Gasteiger partial charge in [0.15, 0.2) is 0 Å². The van der Waals surface area contributed by atoms with E-state index in [1.165, 1.54) is 19.1 Å². The maximum Gasteiger partial charge on any atom is 0.416 e. The molecule has 0 fully saturated rings. The van der Waals surface area contributed by atoms with E-state index in [1.54, 1.807) is 0 Å². The number of pyridine rings is 1. The van der Waals surface area contributed by atoms with Crippen molar-refractivity contribution >= 4 is 28.2 Å². The maximum atomic E-state index is 13.5. The van der Waals surface area contributed by atoms with E-state index in [0.29, 0.717) is 12.1 Å². The highest BCUT2D eigenvalue weighted by Gasteiger charge is 2.45. The van der Waals surface area contributed by atoms with Crippen molar-refractivity contribution in [1.82, 2.24) is 4.98 Å². The van der Waals surface area contributed by atoms with Crippen LogP contribution in [0.2, 0.25) is 5.02 Å². The van der Waals surface area contributed by atoms with E-state index in [0.717, 1.165) is 11.0 Å². The highest BCUT2D eigenvalue weighted by molar-refractivity contribution is 6.35. The number of hydrogen-bond acceptors (Lipinski definition) is 2. The monoisotopic (exact) mass is 528 g/mol. The number of nitrogens with zero attached hydrogens (tertiary/aromatic N) is 1. The van der Waals surface area contributed by atoms with Crippen molar-refractivity contribution in [2.24, 2.45) is 0 Å². The molecule has 1 aliphatic heterocycles. The Kier molecular flexibility index (Phi) is 5.81. The Bertz CT molecular complexity index is 1330. The van der Waals surface area contributed by atoms with Crippen LogP contribution in [0.25, 0.3) is 10.9 Å². The minimum absolute atomic E-state index is 0.0627. The van der Waals surface area contributed by atoms with E-state index in [9.17, 15) is 44.3 Å². The first-order valence-corrected chi connectivity index (χ1v) is 10.3. The second kappa shape index (κ2) is 8.07. The van der Waals surface area contributed by atoms with Crippen LogP contribution >= 0.6 is 11.6 Å². The van der Waals surface area contributed by atoms with E-state index in [2.05, 4.69) is 4.98 Å². The van der Waals surface area contributed by atoms with Crippen LogP contribution in [-0.4, -0.2) is 17.7 Å². The fraction of sp³-hybridized carbons (Fsp3) is 0.318. The summed E-state index contributed by atoms with van der Waals surface area (Å²) in [6.07, 6.45) is -15.2. The van der Waals surface area contributed by atoms with Gasteiger partial charge in [0.05, 0.1) is 27.7 Å². The number of fused-ring (bicyclic) bond motifs is 3. The van der Waals surface area contributed by atoms with Gasteiger partial charge in [-0.05, 0) is 41.5 Å². The van der Waals surface area contributed by atoms with Gasteiger partial charge in [-0.25, -0.2) is 0 Å². The number of halogens is 10. The number of nitrogens with one attached hydrogen (secondary N) is 1. The van der Waals surface area contributed by atoms with Crippen LogP contribution in [0.15, 0.2) is 41.2 Å². The molecule has 188 valence electrons. The summed E-state index contributed by atoms with van der Waals surface area (Å²) in [4.78, 5) is 15.0. The lowest BCUT2D eigenvalue weighted by molar-refractivity contribution is -0.143. The van der Waals surface area contributed by atoms with E-state index >= 15 is 0 Å². The van der Waals surface area contributed by atoms with Gasteiger partial charge >= 0.3 is 18.5 Å². The number of benzene rings is 2. The molecule has 0 aliphatic carbocycles. The van der Waals surface area contributed by atoms with Crippen molar-refractivity contribution in [3.05, 3.63) is 74.0 Å². The van der Waals surface area contributed by atoms with E-state index in [-0.39, 0.29) is 33.2 Å². The molecule has 2 unspecified atom stereocenters. The van der Waals surface area contributed by atoms with Crippen LogP contribution in [-0.2, 0) is 12.4 Å². The first-order valence-electron chi connectivity index (χ1n) is 9.95. The molecule has 0 saturated carbocycles. The molecular weight excluding hydrogens is 515 g/mol. The van der Waals surface area contributed by atoms with Crippen molar-refractivity contribution in [2.45, 2.75) is 37.4 Å². The van der Waals surface area contributed by atoms with Gasteiger partial charge < -0.3 is 9.88 Å². The molecule has 35 heavy (non-hydrogen) atoms. The number of aromatic nitrogens is 1. The van der Waals surface area contributed by atoms with Crippen LogP contribution in [0.4, 0.5) is 45.2 Å². The second-order valence-electron chi connectivity index (χ2n) is 8.22. The molecule has 0 bridgehead atoms. The molecule has 3 aromatic rings. The Morgan fingerprint density at radius 3 is 2.00 bits per heavy atom. The number of anilines is 1. The van der Waals surface area contributed by atoms with Gasteiger partial charge in [0, 0.05) is 23.1 Å². The lowest BCUT2D eigenvalue weighted by atomic mass is 9.88. The third-order valence-corrected chi connectivity index (χ3v) is 6.15. The molecular formula is C22H14ClF9N2O.